The van der Waals surface area contributed by atoms with Crippen molar-refractivity contribution in [3.8, 4) is 5.95 Å². The van der Waals surface area contributed by atoms with Gasteiger partial charge >= 0.3 is 6.09 Å². The van der Waals surface area contributed by atoms with E-state index < -0.39 is 6.09 Å². The van der Waals surface area contributed by atoms with Gasteiger partial charge in [-0.1, -0.05) is 11.6 Å². The smallest absolute Gasteiger partial charge is 0.417 e. The van der Waals surface area contributed by atoms with Crippen LogP contribution in [0.3, 0.4) is 0 Å². The van der Waals surface area contributed by atoms with Crippen LogP contribution in [0.1, 0.15) is 11.4 Å². The number of aromatic nitrogens is 6. The predicted molar refractivity (Wildman–Crippen MR) is 105 cm³/mol. The fourth-order valence-corrected chi connectivity index (χ4v) is 3.10. The molecule has 0 atom stereocenters. The van der Waals surface area contributed by atoms with Crippen LogP contribution in [0.25, 0.3) is 17.1 Å². The number of imidazole rings is 1. The lowest BCUT2D eigenvalue weighted by molar-refractivity contribution is 0.204. The Morgan fingerprint density at radius 3 is 2.50 bits per heavy atom. The average Bonchev–Trinajstić information content (AvgIpc) is 3.18. The summed E-state index contributed by atoms with van der Waals surface area (Å²) in [5.74, 6) is 0.403. The van der Waals surface area contributed by atoms with Gasteiger partial charge in [0, 0.05) is 17.8 Å². The van der Waals surface area contributed by atoms with Crippen LogP contribution in [0.2, 0.25) is 5.02 Å². The van der Waals surface area contributed by atoms with Crippen LogP contribution < -0.4 is 4.90 Å². The summed E-state index contributed by atoms with van der Waals surface area (Å²) in [6.07, 6.45) is 0.364. The Morgan fingerprint density at radius 2 is 1.89 bits per heavy atom. The maximum Gasteiger partial charge on any atom is 0.417 e. The molecule has 0 saturated heterocycles. The van der Waals surface area contributed by atoms with Gasteiger partial charge in [-0.05, 0) is 44.2 Å². The molecular weight excluding hydrogens is 382 g/mol. The molecule has 0 bridgehead atoms. The van der Waals surface area contributed by atoms with Crippen molar-refractivity contribution >= 4 is 40.4 Å². The first-order valence-corrected chi connectivity index (χ1v) is 8.74. The minimum absolute atomic E-state index is 0.142. The number of halogens is 1. The number of fused-ring (bicyclic) bond motifs is 1. The third kappa shape index (κ3) is 2.95. The van der Waals surface area contributed by atoms with Crippen molar-refractivity contribution in [2.45, 2.75) is 13.8 Å². The van der Waals surface area contributed by atoms with Crippen LogP contribution >= 0.6 is 11.6 Å². The molecule has 10 heteroatoms. The van der Waals surface area contributed by atoms with Crippen LogP contribution in [0.5, 0.6) is 0 Å². The first kappa shape index (κ1) is 17.9. The predicted octanol–water partition coefficient (Wildman–Crippen LogP) is 3.64. The topological polar surface area (TPSA) is 102 Å². The highest BCUT2D eigenvalue weighted by atomic mass is 35.5. The van der Waals surface area contributed by atoms with E-state index in [0.717, 1.165) is 16.3 Å². The molecule has 1 amide bonds. The van der Waals surface area contributed by atoms with Gasteiger partial charge in [0.15, 0.2) is 17.0 Å². The Morgan fingerprint density at radius 1 is 1.18 bits per heavy atom. The maximum absolute atomic E-state index is 12.1. The number of hydrogen-bond donors (Lipinski definition) is 1. The van der Waals surface area contributed by atoms with Crippen molar-refractivity contribution in [3.05, 3.63) is 53.1 Å². The Balaban J connectivity index is 2.00. The number of aryl methyl sites for hydroxylation is 3. The highest BCUT2D eigenvalue weighted by molar-refractivity contribution is 6.30. The van der Waals surface area contributed by atoms with Gasteiger partial charge in [0.05, 0.1) is 17.7 Å². The van der Waals surface area contributed by atoms with Gasteiger partial charge in [-0.15, -0.1) is 0 Å². The van der Waals surface area contributed by atoms with E-state index in [1.807, 2.05) is 19.9 Å². The SMILES string of the molecule is Cc1cc(C)n(-c2nc(N(C(=O)O)c3ccc(Cl)cc3)c3ncn(C)c3n2)n1. The minimum atomic E-state index is -1.20. The third-order valence-corrected chi connectivity index (χ3v) is 4.47. The summed E-state index contributed by atoms with van der Waals surface area (Å²) >= 11 is 5.95. The van der Waals surface area contributed by atoms with Crippen LogP contribution in [-0.2, 0) is 7.05 Å². The summed E-state index contributed by atoms with van der Waals surface area (Å²) < 4.78 is 3.28. The fraction of sp³-hybridized carbons (Fsp3) is 0.167. The Kier molecular flexibility index (Phi) is 4.23. The molecule has 0 spiro atoms. The van der Waals surface area contributed by atoms with Crippen LogP contribution in [0.15, 0.2) is 36.7 Å². The highest BCUT2D eigenvalue weighted by Gasteiger charge is 2.25. The lowest BCUT2D eigenvalue weighted by Gasteiger charge is -2.19. The molecule has 28 heavy (non-hydrogen) atoms. The molecule has 0 aliphatic carbocycles. The molecule has 142 valence electrons. The van der Waals surface area contributed by atoms with Gasteiger partial charge in [0.1, 0.15) is 0 Å². The number of rotatable bonds is 3. The molecule has 0 aliphatic rings. The molecule has 0 fully saturated rings. The lowest BCUT2D eigenvalue weighted by atomic mass is 10.3. The highest BCUT2D eigenvalue weighted by Crippen LogP contribution is 2.31. The van der Waals surface area contributed by atoms with E-state index in [2.05, 4.69) is 20.1 Å². The molecule has 4 aromatic rings. The molecule has 1 aromatic carbocycles. The zero-order chi connectivity index (χ0) is 20.0. The number of nitrogens with zero attached hydrogens (tertiary/aromatic N) is 7. The van der Waals surface area contributed by atoms with Gasteiger partial charge in [0.2, 0.25) is 0 Å². The van der Waals surface area contributed by atoms with Crippen molar-refractivity contribution in [1.82, 2.24) is 29.3 Å². The molecule has 0 aliphatic heterocycles. The summed E-state index contributed by atoms with van der Waals surface area (Å²) in [7, 11) is 1.78. The van der Waals surface area contributed by atoms with Gasteiger partial charge in [-0.25, -0.2) is 19.4 Å². The number of hydrogen-bond acceptors (Lipinski definition) is 5. The summed E-state index contributed by atoms with van der Waals surface area (Å²) in [5, 5.41) is 14.8. The lowest BCUT2D eigenvalue weighted by Crippen LogP contribution is -2.26. The van der Waals surface area contributed by atoms with E-state index in [1.54, 1.807) is 46.9 Å². The monoisotopic (exact) mass is 397 g/mol. The molecule has 0 unspecified atom stereocenters. The fourth-order valence-electron chi connectivity index (χ4n) is 2.98. The van der Waals surface area contributed by atoms with E-state index in [4.69, 9.17) is 11.6 Å². The van der Waals surface area contributed by atoms with Crippen molar-refractivity contribution in [2.24, 2.45) is 7.05 Å². The zero-order valence-electron chi connectivity index (χ0n) is 15.3. The second-order valence-corrected chi connectivity index (χ2v) is 6.74. The normalized spacial score (nSPS) is 11.1. The molecule has 9 nitrogen and oxygen atoms in total. The largest absolute Gasteiger partial charge is 0.464 e. The van der Waals surface area contributed by atoms with Gasteiger partial charge in [-0.2, -0.15) is 15.1 Å². The molecule has 0 saturated carbocycles. The van der Waals surface area contributed by atoms with Gasteiger partial charge < -0.3 is 9.67 Å². The molecule has 4 rings (SSSR count). The second kappa shape index (κ2) is 6.61. The molecule has 1 N–H and O–H groups in total. The number of carboxylic acid groups (broad SMARTS) is 1. The standard InChI is InChI=1S/C18H16ClN7O2/c1-10-8-11(2)26(23-10)17-21-15-14(20-9-24(15)3)16(22-17)25(18(27)28)13-6-4-12(19)5-7-13/h4-9H,1-3H3,(H,27,28). The molecule has 3 aromatic heterocycles. The third-order valence-electron chi connectivity index (χ3n) is 4.22. The van der Waals surface area contributed by atoms with E-state index >= 15 is 0 Å². The Hall–Kier alpha value is -3.46. The summed E-state index contributed by atoms with van der Waals surface area (Å²) in [4.78, 5) is 26.5. The van der Waals surface area contributed by atoms with Crippen molar-refractivity contribution in [2.75, 3.05) is 4.90 Å². The van der Waals surface area contributed by atoms with Crippen LogP contribution in [0, 0.1) is 13.8 Å². The summed E-state index contributed by atoms with van der Waals surface area (Å²) in [6, 6.07) is 8.34. The zero-order valence-corrected chi connectivity index (χ0v) is 16.1. The number of carbonyl (C=O) groups is 1. The Labute approximate surface area is 164 Å². The molecule has 3 heterocycles. The quantitative estimate of drug-likeness (QED) is 0.566. The van der Waals surface area contributed by atoms with Crippen molar-refractivity contribution in [1.29, 1.82) is 0 Å². The van der Waals surface area contributed by atoms with E-state index in [-0.39, 0.29) is 11.8 Å². The summed E-state index contributed by atoms with van der Waals surface area (Å²) in [5.41, 5.74) is 2.89. The minimum Gasteiger partial charge on any atom is -0.464 e. The molecule has 0 radical (unpaired) electrons. The van der Waals surface area contributed by atoms with Crippen LogP contribution in [-0.4, -0.2) is 40.5 Å². The molecular formula is C18H16ClN7O2. The maximum atomic E-state index is 12.1. The van der Waals surface area contributed by atoms with Gasteiger partial charge in [0.25, 0.3) is 5.95 Å². The summed E-state index contributed by atoms with van der Waals surface area (Å²) in [6.45, 7) is 3.74. The van der Waals surface area contributed by atoms with Crippen LogP contribution in [0.4, 0.5) is 16.3 Å². The number of amides is 1. The average molecular weight is 398 g/mol. The van der Waals surface area contributed by atoms with Crippen molar-refractivity contribution in [3.63, 3.8) is 0 Å². The first-order chi connectivity index (χ1) is 13.3. The number of anilines is 2. The number of benzene rings is 1. The van der Waals surface area contributed by atoms with E-state index in [9.17, 15) is 9.90 Å². The first-order valence-electron chi connectivity index (χ1n) is 8.36. The van der Waals surface area contributed by atoms with E-state index in [1.165, 1.54) is 0 Å². The van der Waals surface area contributed by atoms with E-state index in [0.29, 0.717) is 21.9 Å². The van der Waals surface area contributed by atoms with Crippen molar-refractivity contribution < 1.29 is 9.90 Å². The second-order valence-electron chi connectivity index (χ2n) is 6.31. The van der Waals surface area contributed by atoms with Gasteiger partial charge in [-0.3, -0.25) is 0 Å². The Bertz CT molecular complexity index is 1200.